The van der Waals surface area contributed by atoms with Crippen LogP contribution in [-0.4, -0.2) is 56.7 Å². The summed E-state index contributed by atoms with van der Waals surface area (Å²) >= 11 is 0. The van der Waals surface area contributed by atoms with Crippen LogP contribution >= 0.6 is 0 Å². The van der Waals surface area contributed by atoms with E-state index in [0.717, 1.165) is 24.0 Å². The van der Waals surface area contributed by atoms with Gasteiger partial charge in [0.1, 0.15) is 23.6 Å². The smallest absolute Gasteiger partial charge is 0.298 e. The van der Waals surface area contributed by atoms with Gasteiger partial charge in [-0.25, -0.2) is 14.6 Å². The molecule has 3 N–H and O–H groups in total. The number of aromatic nitrogens is 4. The normalized spacial score (nSPS) is 15.8. The molecule has 10 heteroatoms. The van der Waals surface area contributed by atoms with Crippen molar-refractivity contribution in [2.45, 2.75) is 39.3 Å². The number of piperidine rings is 1. The minimum Gasteiger partial charge on any atom is -0.496 e. The van der Waals surface area contributed by atoms with Crippen LogP contribution in [0.4, 0.5) is 5.82 Å². The standard InChI is InChI=1S/C30H33N7O3/c1-5-9-23(24(7-3)40-4)30(39)32-17-20-12-14-21(15-13-20)27-26-28(31)33-19-34-29(26)37(35-27)22-11-8-16-36(18-22)25(38)10-6-2/h5,7,9,12-15,19,22H,3,8,11,16-18H2,1-2,4H3,(H,32,39)(H2,31,33,34)/b9-5-,24-23-. The van der Waals surface area contributed by atoms with Crippen molar-refractivity contribution in [2.75, 3.05) is 25.9 Å². The molecule has 1 unspecified atom stereocenters. The molecule has 0 radical (unpaired) electrons. The first-order valence-electron chi connectivity index (χ1n) is 13.0. The van der Waals surface area contributed by atoms with Gasteiger partial charge in [-0.2, -0.15) is 5.10 Å². The van der Waals surface area contributed by atoms with E-state index in [1.54, 1.807) is 24.0 Å². The number of amides is 2. The van der Waals surface area contributed by atoms with Crippen LogP contribution in [0.25, 0.3) is 22.3 Å². The number of anilines is 1. The summed E-state index contributed by atoms with van der Waals surface area (Å²) in [5, 5.41) is 8.51. The zero-order valence-electron chi connectivity index (χ0n) is 23.0. The van der Waals surface area contributed by atoms with Crippen LogP contribution in [0.15, 0.2) is 66.7 Å². The Morgan fingerprint density at radius 1 is 1.27 bits per heavy atom. The van der Waals surface area contributed by atoms with Crippen molar-refractivity contribution in [3.8, 4) is 23.1 Å². The minimum atomic E-state index is -0.265. The molecule has 4 rings (SSSR count). The van der Waals surface area contributed by atoms with Crippen LogP contribution < -0.4 is 11.1 Å². The molecular weight excluding hydrogens is 506 g/mol. The van der Waals surface area contributed by atoms with Gasteiger partial charge in [0.2, 0.25) is 0 Å². The topological polar surface area (TPSA) is 128 Å². The summed E-state index contributed by atoms with van der Waals surface area (Å²) < 4.78 is 7.12. The first kappa shape index (κ1) is 28.1. The number of allylic oxidation sites excluding steroid dienone is 2. The van der Waals surface area contributed by atoms with E-state index < -0.39 is 0 Å². The summed E-state index contributed by atoms with van der Waals surface area (Å²) in [6, 6.07) is 7.65. The van der Waals surface area contributed by atoms with Crippen molar-refractivity contribution in [3.63, 3.8) is 0 Å². The fourth-order valence-corrected chi connectivity index (χ4v) is 4.77. The Bertz CT molecular complexity index is 1540. The zero-order chi connectivity index (χ0) is 28.6. The van der Waals surface area contributed by atoms with Crippen molar-refractivity contribution < 1.29 is 14.3 Å². The lowest BCUT2D eigenvalue weighted by molar-refractivity contribution is -0.126. The van der Waals surface area contributed by atoms with Gasteiger partial charge in [0.05, 0.1) is 24.1 Å². The van der Waals surface area contributed by atoms with Crippen LogP contribution in [0.3, 0.4) is 0 Å². The van der Waals surface area contributed by atoms with E-state index in [0.29, 0.717) is 53.5 Å². The summed E-state index contributed by atoms with van der Waals surface area (Å²) in [6.45, 7) is 8.67. The average Bonchev–Trinajstić information content (AvgIpc) is 3.37. The largest absolute Gasteiger partial charge is 0.496 e. The summed E-state index contributed by atoms with van der Waals surface area (Å²) in [7, 11) is 1.50. The summed E-state index contributed by atoms with van der Waals surface area (Å²) in [5.41, 5.74) is 9.72. The van der Waals surface area contributed by atoms with Crippen molar-refractivity contribution in [2.24, 2.45) is 0 Å². The lowest BCUT2D eigenvalue weighted by atomic mass is 10.1. The Labute approximate surface area is 233 Å². The van der Waals surface area contributed by atoms with Gasteiger partial charge in [0.15, 0.2) is 5.65 Å². The predicted molar refractivity (Wildman–Crippen MR) is 154 cm³/mol. The number of ether oxygens (including phenoxy) is 1. The molecule has 0 saturated carbocycles. The number of nitrogens with one attached hydrogen (secondary N) is 1. The molecule has 1 saturated heterocycles. The molecule has 10 nitrogen and oxygen atoms in total. The highest BCUT2D eigenvalue weighted by atomic mass is 16.5. The number of methoxy groups -OCH3 is 1. The second-order valence-corrected chi connectivity index (χ2v) is 9.24. The molecule has 3 aromatic rings. The van der Waals surface area contributed by atoms with E-state index in [2.05, 4.69) is 33.7 Å². The van der Waals surface area contributed by atoms with E-state index in [1.165, 1.54) is 19.5 Å². The van der Waals surface area contributed by atoms with E-state index in [4.69, 9.17) is 15.6 Å². The third-order valence-corrected chi connectivity index (χ3v) is 6.71. The molecule has 2 amide bonds. The van der Waals surface area contributed by atoms with Gasteiger partial charge in [-0.3, -0.25) is 9.59 Å². The number of benzene rings is 1. The highest BCUT2D eigenvalue weighted by Gasteiger charge is 2.28. The van der Waals surface area contributed by atoms with Crippen molar-refractivity contribution in [1.82, 2.24) is 30.0 Å². The molecule has 40 heavy (non-hydrogen) atoms. The minimum absolute atomic E-state index is 0.0663. The number of carbonyl (C=O) groups is 2. The quantitative estimate of drug-likeness (QED) is 0.194. The Morgan fingerprint density at radius 3 is 2.73 bits per heavy atom. The number of rotatable bonds is 8. The van der Waals surface area contributed by atoms with Crippen LogP contribution in [0.5, 0.6) is 0 Å². The molecule has 2 aromatic heterocycles. The third kappa shape index (κ3) is 5.89. The Morgan fingerprint density at radius 2 is 2.05 bits per heavy atom. The molecule has 1 aromatic carbocycles. The number of nitrogen functional groups attached to an aromatic ring is 1. The number of carbonyl (C=O) groups excluding carboxylic acids is 2. The predicted octanol–water partition coefficient (Wildman–Crippen LogP) is 3.54. The number of fused-ring (bicyclic) bond motifs is 1. The van der Waals surface area contributed by atoms with E-state index in [-0.39, 0.29) is 17.9 Å². The Kier molecular flexibility index (Phi) is 8.96. The molecule has 1 aliphatic heterocycles. The summed E-state index contributed by atoms with van der Waals surface area (Å²) in [6.07, 6.45) is 8.08. The van der Waals surface area contributed by atoms with Gasteiger partial charge in [-0.1, -0.05) is 42.8 Å². The van der Waals surface area contributed by atoms with Crippen LogP contribution in [0.2, 0.25) is 0 Å². The number of hydrogen-bond donors (Lipinski definition) is 2. The van der Waals surface area contributed by atoms with Gasteiger partial charge in [0.25, 0.3) is 11.8 Å². The SMILES string of the molecule is C=C/C(OC)=C(\C=C/C)C(=O)NCc1ccc(-c2nn(C3CCCN(C(=O)C#CC)C3)c3ncnc(N)c23)cc1. The molecule has 0 bridgehead atoms. The monoisotopic (exact) mass is 539 g/mol. The maximum Gasteiger partial charge on any atom is 0.298 e. The molecule has 1 fully saturated rings. The zero-order valence-corrected chi connectivity index (χ0v) is 23.0. The molecule has 1 atom stereocenters. The molecule has 3 heterocycles. The first-order chi connectivity index (χ1) is 19.4. The number of hydrogen-bond acceptors (Lipinski definition) is 7. The first-order valence-corrected chi connectivity index (χ1v) is 13.0. The van der Waals surface area contributed by atoms with Gasteiger partial charge < -0.3 is 20.7 Å². The van der Waals surface area contributed by atoms with Crippen LogP contribution in [0.1, 0.15) is 38.3 Å². The number of nitrogens with two attached hydrogens (primary N) is 1. The van der Waals surface area contributed by atoms with E-state index in [1.807, 2.05) is 35.9 Å². The van der Waals surface area contributed by atoms with E-state index in [9.17, 15) is 9.59 Å². The van der Waals surface area contributed by atoms with Gasteiger partial charge in [-0.15, -0.1) is 0 Å². The summed E-state index contributed by atoms with van der Waals surface area (Å²) in [5.74, 6) is 5.60. The lowest BCUT2D eigenvalue weighted by Crippen LogP contribution is -2.40. The van der Waals surface area contributed by atoms with Gasteiger partial charge in [-0.05, 0) is 50.3 Å². The van der Waals surface area contributed by atoms with Crippen LogP contribution in [0, 0.1) is 11.8 Å². The van der Waals surface area contributed by atoms with Crippen molar-refractivity contribution in [1.29, 1.82) is 0 Å². The second-order valence-electron chi connectivity index (χ2n) is 9.24. The number of likely N-dealkylation sites (tertiary alicyclic amines) is 1. The fraction of sp³-hybridized carbons (Fsp3) is 0.300. The average molecular weight is 540 g/mol. The highest BCUT2D eigenvalue weighted by Crippen LogP contribution is 2.33. The van der Waals surface area contributed by atoms with E-state index >= 15 is 0 Å². The fourth-order valence-electron chi connectivity index (χ4n) is 4.77. The third-order valence-electron chi connectivity index (χ3n) is 6.71. The summed E-state index contributed by atoms with van der Waals surface area (Å²) in [4.78, 5) is 35.6. The Hall–Kier alpha value is -4.91. The van der Waals surface area contributed by atoms with Crippen molar-refractivity contribution >= 4 is 28.7 Å². The lowest BCUT2D eigenvalue weighted by Gasteiger charge is -2.31. The molecule has 206 valence electrons. The highest BCUT2D eigenvalue weighted by molar-refractivity contribution is 5.99. The van der Waals surface area contributed by atoms with Gasteiger partial charge >= 0.3 is 0 Å². The molecular formula is C30H33N7O3. The maximum atomic E-state index is 12.8. The molecule has 0 spiro atoms. The van der Waals surface area contributed by atoms with Crippen molar-refractivity contribution in [3.05, 3.63) is 72.3 Å². The maximum absolute atomic E-state index is 12.8. The second kappa shape index (κ2) is 12.8. The molecule has 0 aliphatic carbocycles. The molecule has 1 aliphatic rings. The number of nitrogens with zero attached hydrogens (tertiary/aromatic N) is 5. The van der Waals surface area contributed by atoms with Crippen LogP contribution in [-0.2, 0) is 20.9 Å². The Balaban J connectivity index is 1.59. The van der Waals surface area contributed by atoms with Gasteiger partial charge in [0, 0.05) is 25.2 Å².